The van der Waals surface area contributed by atoms with Gasteiger partial charge in [0.1, 0.15) is 5.60 Å². The molecule has 1 aliphatic heterocycles. The molecular weight excluding hydrogens is 500 g/mol. The molecule has 8 nitrogen and oxygen atoms in total. The monoisotopic (exact) mass is 540 g/mol. The molecule has 3 aromatic heterocycles. The molecule has 0 N–H and O–H groups in total. The number of anilines is 1. The molecule has 0 saturated carbocycles. The maximum Gasteiger partial charge on any atom is 0.306 e. The number of piperazine rings is 1. The van der Waals surface area contributed by atoms with E-state index in [0.717, 1.165) is 74.0 Å². The van der Waals surface area contributed by atoms with Crippen molar-refractivity contribution < 1.29 is 9.53 Å². The Morgan fingerprint density at radius 1 is 1.00 bits per heavy atom. The summed E-state index contributed by atoms with van der Waals surface area (Å²) in [5, 5.41) is 0. The van der Waals surface area contributed by atoms with Crippen LogP contribution in [-0.4, -0.2) is 69.0 Å². The van der Waals surface area contributed by atoms with E-state index < -0.39 is 5.60 Å². The quantitative estimate of drug-likeness (QED) is 0.264. The third-order valence-electron chi connectivity index (χ3n) is 7.36. The van der Waals surface area contributed by atoms with Crippen molar-refractivity contribution in [1.82, 2.24) is 24.3 Å². The fraction of sp³-hybridized carbons (Fsp3) is 0.438. The van der Waals surface area contributed by atoms with Crippen molar-refractivity contribution in [3.05, 3.63) is 78.4 Å². The van der Waals surface area contributed by atoms with E-state index in [4.69, 9.17) is 14.7 Å². The van der Waals surface area contributed by atoms with Gasteiger partial charge in [0.05, 0.1) is 17.6 Å². The molecule has 0 radical (unpaired) electrons. The van der Waals surface area contributed by atoms with Crippen LogP contribution in [0.1, 0.15) is 57.2 Å². The third-order valence-corrected chi connectivity index (χ3v) is 7.36. The van der Waals surface area contributed by atoms with Gasteiger partial charge in [-0.25, -0.2) is 9.97 Å². The van der Waals surface area contributed by atoms with Gasteiger partial charge in [-0.3, -0.25) is 14.2 Å². The molecule has 210 valence electrons. The van der Waals surface area contributed by atoms with E-state index in [1.807, 2.05) is 51.5 Å². The maximum atomic E-state index is 12.3. The predicted molar refractivity (Wildman–Crippen MR) is 159 cm³/mol. The summed E-state index contributed by atoms with van der Waals surface area (Å²) in [6.45, 7) is 9.62. The summed E-state index contributed by atoms with van der Waals surface area (Å²) in [7, 11) is 2.15. The molecule has 0 aliphatic carbocycles. The highest BCUT2D eigenvalue weighted by atomic mass is 16.6. The zero-order valence-electron chi connectivity index (χ0n) is 24.1. The summed E-state index contributed by atoms with van der Waals surface area (Å²) in [5.41, 5.74) is 4.53. The SMILES string of the molecule is CN1CCN(c2nccn3c(-c4cccc(CC(CCCC(=O)OC(C)(C)C)c5ccccc5)n4)cnc23)CC1. The number of nitrogens with zero attached hydrogens (tertiary/aromatic N) is 6. The molecule has 0 spiro atoms. The Balaban J connectivity index is 1.34. The van der Waals surface area contributed by atoms with Crippen LogP contribution >= 0.6 is 0 Å². The normalized spacial score (nSPS) is 15.3. The van der Waals surface area contributed by atoms with Gasteiger partial charge >= 0.3 is 5.97 Å². The second-order valence-electron chi connectivity index (χ2n) is 11.7. The number of rotatable bonds is 9. The van der Waals surface area contributed by atoms with Crippen LogP contribution < -0.4 is 4.90 Å². The molecule has 0 amide bonds. The van der Waals surface area contributed by atoms with Crippen LogP contribution in [-0.2, 0) is 16.0 Å². The lowest BCUT2D eigenvalue weighted by Gasteiger charge is -2.33. The van der Waals surface area contributed by atoms with E-state index >= 15 is 0 Å². The topological polar surface area (TPSA) is 75.9 Å². The number of esters is 1. The van der Waals surface area contributed by atoms with Crippen LogP contribution in [0.5, 0.6) is 0 Å². The molecule has 40 heavy (non-hydrogen) atoms. The molecule has 1 fully saturated rings. The minimum Gasteiger partial charge on any atom is -0.460 e. The van der Waals surface area contributed by atoms with Crippen molar-refractivity contribution in [2.24, 2.45) is 0 Å². The molecule has 1 aliphatic rings. The van der Waals surface area contributed by atoms with Crippen LogP contribution in [0.2, 0.25) is 0 Å². The Hall–Kier alpha value is -3.78. The molecule has 1 atom stereocenters. The van der Waals surface area contributed by atoms with Crippen LogP contribution in [0.25, 0.3) is 17.0 Å². The summed E-state index contributed by atoms with van der Waals surface area (Å²) in [6.07, 6.45) is 8.57. The van der Waals surface area contributed by atoms with Gasteiger partial charge in [-0.1, -0.05) is 36.4 Å². The van der Waals surface area contributed by atoms with Crippen molar-refractivity contribution in [2.45, 2.75) is 58.0 Å². The maximum absolute atomic E-state index is 12.3. The lowest BCUT2D eigenvalue weighted by Crippen LogP contribution is -2.45. The summed E-state index contributed by atoms with van der Waals surface area (Å²) in [4.78, 5) is 31.5. The van der Waals surface area contributed by atoms with Crippen molar-refractivity contribution in [2.75, 3.05) is 38.1 Å². The van der Waals surface area contributed by atoms with Gasteiger partial charge in [-0.15, -0.1) is 0 Å². The average molecular weight is 541 g/mol. The van der Waals surface area contributed by atoms with E-state index in [9.17, 15) is 4.79 Å². The Bertz CT molecular complexity index is 1420. The number of ether oxygens (including phenoxy) is 1. The molecule has 0 bridgehead atoms. The van der Waals surface area contributed by atoms with Crippen molar-refractivity contribution in [1.29, 1.82) is 0 Å². The first-order valence-corrected chi connectivity index (χ1v) is 14.3. The molecule has 4 heterocycles. The highest BCUT2D eigenvalue weighted by molar-refractivity contribution is 5.70. The van der Waals surface area contributed by atoms with Gasteiger partial charge in [0.2, 0.25) is 0 Å². The zero-order chi connectivity index (χ0) is 28.1. The fourth-order valence-corrected chi connectivity index (χ4v) is 5.32. The second kappa shape index (κ2) is 12.2. The number of pyridine rings is 1. The molecule has 1 aromatic carbocycles. The molecule has 1 unspecified atom stereocenters. The van der Waals surface area contributed by atoms with Crippen molar-refractivity contribution in [3.8, 4) is 11.4 Å². The van der Waals surface area contributed by atoms with Gasteiger partial charge in [-0.05, 0) is 70.7 Å². The summed E-state index contributed by atoms with van der Waals surface area (Å²) in [5.74, 6) is 1.03. The number of likely N-dealkylation sites (N-methyl/N-ethyl adjacent to an activating group) is 1. The number of hydrogen-bond acceptors (Lipinski definition) is 7. The van der Waals surface area contributed by atoms with Crippen LogP contribution in [0.3, 0.4) is 0 Å². The van der Waals surface area contributed by atoms with Crippen LogP contribution in [0, 0.1) is 0 Å². The largest absolute Gasteiger partial charge is 0.460 e. The summed E-state index contributed by atoms with van der Waals surface area (Å²) in [6, 6.07) is 16.7. The Morgan fingerprint density at radius 3 is 2.52 bits per heavy atom. The van der Waals surface area contributed by atoms with Crippen LogP contribution in [0.15, 0.2) is 67.1 Å². The van der Waals surface area contributed by atoms with Crippen LogP contribution in [0.4, 0.5) is 5.82 Å². The second-order valence-corrected chi connectivity index (χ2v) is 11.7. The van der Waals surface area contributed by atoms with Gasteiger partial charge < -0.3 is 14.5 Å². The smallest absolute Gasteiger partial charge is 0.306 e. The first-order chi connectivity index (χ1) is 19.3. The number of carbonyl (C=O) groups excluding carboxylic acids is 1. The lowest BCUT2D eigenvalue weighted by atomic mass is 9.89. The third kappa shape index (κ3) is 6.86. The predicted octanol–water partition coefficient (Wildman–Crippen LogP) is 5.38. The standard InChI is InChI=1S/C32H40N6O2/c1-32(2,3)40-29(39)15-8-12-25(24-10-6-5-7-11-24)22-26-13-9-14-27(35-26)28-23-34-31-30(33-16-17-38(28)31)37-20-18-36(4)19-21-37/h5-7,9-11,13-14,16-17,23,25H,8,12,15,18-22H2,1-4H3. The molecule has 5 rings (SSSR count). The summed E-state index contributed by atoms with van der Waals surface area (Å²) >= 11 is 0. The van der Waals surface area contributed by atoms with Crippen molar-refractivity contribution in [3.63, 3.8) is 0 Å². The highest BCUT2D eigenvalue weighted by Gasteiger charge is 2.21. The van der Waals surface area contributed by atoms with E-state index in [-0.39, 0.29) is 11.9 Å². The number of fused-ring (bicyclic) bond motifs is 1. The number of aromatic nitrogens is 4. The average Bonchev–Trinajstić information content (AvgIpc) is 3.37. The molecule has 1 saturated heterocycles. The number of carbonyl (C=O) groups is 1. The first-order valence-electron chi connectivity index (χ1n) is 14.3. The number of hydrogen-bond donors (Lipinski definition) is 0. The van der Waals surface area contributed by atoms with Gasteiger partial charge in [-0.2, -0.15) is 0 Å². The molecule has 4 aromatic rings. The lowest BCUT2D eigenvalue weighted by molar-refractivity contribution is -0.154. The van der Waals surface area contributed by atoms with Gasteiger partial charge in [0.15, 0.2) is 11.5 Å². The van der Waals surface area contributed by atoms with Crippen molar-refractivity contribution >= 4 is 17.4 Å². The van der Waals surface area contributed by atoms with E-state index in [1.165, 1.54) is 5.56 Å². The van der Waals surface area contributed by atoms with E-state index in [2.05, 4.69) is 62.6 Å². The Morgan fingerprint density at radius 2 is 1.77 bits per heavy atom. The van der Waals surface area contributed by atoms with E-state index in [0.29, 0.717) is 6.42 Å². The van der Waals surface area contributed by atoms with Gasteiger partial charge in [0, 0.05) is 50.7 Å². The minimum atomic E-state index is -0.459. The highest BCUT2D eigenvalue weighted by Crippen LogP contribution is 2.29. The van der Waals surface area contributed by atoms with E-state index in [1.54, 1.807) is 0 Å². The minimum absolute atomic E-state index is 0.141. The Kier molecular flexibility index (Phi) is 8.45. The summed E-state index contributed by atoms with van der Waals surface area (Å²) < 4.78 is 7.62. The first kappa shape index (κ1) is 27.8. The zero-order valence-corrected chi connectivity index (χ0v) is 24.1. The number of imidazole rings is 1. The van der Waals surface area contributed by atoms with Gasteiger partial charge in [0.25, 0.3) is 0 Å². The molecule has 8 heteroatoms. The Labute approximate surface area is 237 Å². The number of benzene rings is 1. The fourth-order valence-electron chi connectivity index (χ4n) is 5.32. The molecular formula is C32H40N6O2.